The van der Waals surface area contributed by atoms with Crippen LogP contribution in [0.25, 0.3) is 0 Å². The number of hydrogen-bond acceptors (Lipinski definition) is 0. The van der Waals surface area contributed by atoms with E-state index >= 15 is 0 Å². The average molecular weight is 237 g/mol. The van der Waals surface area contributed by atoms with Gasteiger partial charge >= 0.3 is 0 Å². The predicted octanol–water partition coefficient (Wildman–Crippen LogP) is 5.41. The molecule has 1 rings (SSSR count). The highest BCUT2D eigenvalue weighted by molar-refractivity contribution is 6.30. The van der Waals surface area contributed by atoms with Crippen molar-refractivity contribution in [1.82, 2.24) is 0 Å². The van der Waals surface area contributed by atoms with Crippen molar-refractivity contribution in [2.75, 3.05) is 0 Å². The predicted molar refractivity (Wildman–Crippen MR) is 73.1 cm³/mol. The van der Waals surface area contributed by atoms with Crippen molar-refractivity contribution >= 4 is 11.6 Å². The Morgan fingerprint density at radius 1 is 1.12 bits per heavy atom. The Morgan fingerprint density at radius 2 is 1.94 bits per heavy atom. The van der Waals surface area contributed by atoms with Crippen LogP contribution in [0.4, 0.5) is 0 Å². The summed E-state index contributed by atoms with van der Waals surface area (Å²) in [6, 6.07) is 8.19. The first-order valence-corrected chi connectivity index (χ1v) is 6.56. The van der Waals surface area contributed by atoms with Crippen LogP contribution in [-0.4, -0.2) is 0 Å². The van der Waals surface area contributed by atoms with Crippen molar-refractivity contribution in [3.63, 3.8) is 0 Å². The largest absolute Gasteiger partial charge is 0.0917 e. The number of aryl methyl sites for hydroxylation is 1. The van der Waals surface area contributed by atoms with E-state index in [0.29, 0.717) is 0 Å². The van der Waals surface area contributed by atoms with Gasteiger partial charge in [-0.25, -0.2) is 0 Å². The van der Waals surface area contributed by atoms with Crippen LogP contribution in [0.2, 0.25) is 5.02 Å². The fourth-order valence-corrected chi connectivity index (χ4v) is 2.02. The van der Waals surface area contributed by atoms with Gasteiger partial charge in [0.25, 0.3) is 0 Å². The molecular formula is C15H21Cl. The molecule has 0 N–H and O–H groups in total. The number of rotatable bonds is 7. The third kappa shape index (κ3) is 5.97. The molecule has 0 heterocycles. The van der Waals surface area contributed by atoms with Crippen LogP contribution in [0, 0.1) is 0 Å². The molecule has 0 aromatic heterocycles. The maximum Gasteiger partial charge on any atom is 0.0408 e. The molecule has 0 saturated carbocycles. The molecule has 1 aromatic carbocycles. The summed E-state index contributed by atoms with van der Waals surface area (Å²) < 4.78 is 0. The maximum atomic E-state index is 5.93. The van der Waals surface area contributed by atoms with Gasteiger partial charge in [-0.3, -0.25) is 0 Å². The van der Waals surface area contributed by atoms with E-state index in [1.807, 2.05) is 12.1 Å². The fourth-order valence-electron chi connectivity index (χ4n) is 1.80. The van der Waals surface area contributed by atoms with E-state index in [2.05, 4.69) is 31.2 Å². The number of hydrogen-bond donors (Lipinski definition) is 0. The highest BCUT2D eigenvalue weighted by Crippen LogP contribution is 2.14. The van der Waals surface area contributed by atoms with Gasteiger partial charge in [-0.05, 0) is 50.3 Å². The standard InChI is InChI=1S/C15H21Cl/c1-2-3-4-5-6-7-8-10-14-11-9-12-15(16)13-14/h2-3,9,11-13H,4-8,10H2,1H3. The number of benzene rings is 1. The lowest BCUT2D eigenvalue weighted by Crippen LogP contribution is -1.85. The lowest BCUT2D eigenvalue weighted by molar-refractivity contribution is 0.646. The van der Waals surface area contributed by atoms with Gasteiger partial charge < -0.3 is 0 Å². The Hall–Kier alpha value is -0.750. The monoisotopic (exact) mass is 236 g/mol. The zero-order valence-electron chi connectivity index (χ0n) is 10.1. The molecule has 0 nitrogen and oxygen atoms in total. The van der Waals surface area contributed by atoms with Gasteiger partial charge in [-0.2, -0.15) is 0 Å². The van der Waals surface area contributed by atoms with Gasteiger partial charge in [0, 0.05) is 5.02 Å². The molecule has 0 fully saturated rings. The lowest BCUT2D eigenvalue weighted by Gasteiger charge is -2.02. The molecule has 1 heteroatoms. The van der Waals surface area contributed by atoms with Crippen molar-refractivity contribution in [1.29, 1.82) is 0 Å². The van der Waals surface area contributed by atoms with Gasteiger partial charge in [-0.15, -0.1) is 0 Å². The zero-order valence-corrected chi connectivity index (χ0v) is 10.8. The Morgan fingerprint density at radius 3 is 2.69 bits per heavy atom. The van der Waals surface area contributed by atoms with Gasteiger partial charge in [0.15, 0.2) is 0 Å². The summed E-state index contributed by atoms with van der Waals surface area (Å²) in [7, 11) is 0. The van der Waals surface area contributed by atoms with E-state index in [1.54, 1.807) is 0 Å². The van der Waals surface area contributed by atoms with Crippen molar-refractivity contribution < 1.29 is 0 Å². The normalized spacial score (nSPS) is 11.1. The summed E-state index contributed by atoms with van der Waals surface area (Å²) in [5, 5.41) is 0.852. The number of unbranched alkanes of at least 4 members (excludes halogenated alkanes) is 4. The van der Waals surface area contributed by atoms with Crippen LogP contribution in [0.3, 0.4) is 0 Å². The highest BCUT2D eigenvalue weighted by atomic mass is 35.5. The molecule has 0 spiro atoms. The minimum Gasteiger partial charge on any atom is -0.0917 e. The van der Waals surface area contributed by atoms with E-state index in [0.717, 1.165) is 11.4 Å². The van der Waals surface area contributed by atoms with Gasteiger partial charge in [0.2, 0.25) is 0 Å². The second-order valence-corrected chi connectivity index (χ2v) is 4.59. The van der Waals surface area contributed by atoms with Crippen molar-refractivity contribution in [3.05, 3.63) is 47.0 Å². The molecule has 0 bridgehead atoms. The van der Waals surface area contributed by atoms with Crippen molar-refractivity contribution in [2.24, 2.45) is 0 Å². The summed E-state index contributed by atoms with van der Waals surface area (Å²) >= 11 is 5.93. The van der Waals surface area contributed by atoms with Crippen molar-refractivity contribution in [2.45, 2.75) is 45.4 Å². The molecule has 0 aliphatic carbocycles. The van der Waals surface area contributed by atoms with Crippen LogP contribution in [0.15, 0.2) is 36.4 Å². The Kier molecular flexibility index (Phi) is 7.00. The molecule has 0 saturated heterocycles. The summed E-state index contributed by atoms with van der Waals surface area (Å²) in [5.41, 5.74) is 1.36. The lowest BCUT2D eigenvalue weighted by atomic mass is 10.1. The first-order chi connectivity index (χ1) is 7.83. The Bertz CT molecular complexity index is 315. The topological polar surface area (TPSA) is 0 Å². The van der Waals surface area contributed by atoms with Gasteiger partial charge in [0.1, 0.15) is 0 Å². The molecule has 88 valence electrons. The summed E-state index contributed by atoms with van der Waals surface area (Å²) in [5.74, 6) is 0. The fraction of sp³-hybridized carbons (Fsp3) is 0.467. The molecule has 0 atom stereocenters. The van der Waals surface area contributed by atoms with Crippen molar-refractivity contribution in [3.8, 4) is 0 Å². The molecule has 0 amide bonds. The molecule has 16 heavy (non-hydrogen) atoms. The minimum atomic E-state index is 0.852. The first kappa shape index (κ1) is 13.3. The van der Waals surface area contributed by atoms with Crippen LogP contribution >= 0.6 is 11.6 Å². The molecule has 0 unspecified atom stereocenters. The summed E-state index contributed by atoms with van der Waals surface area (Å²) in [6.45, 7) is 2.08. The third-order valence-electron chi connectivity index (χ3n) is 2.71. The maximum absolute atomic E-state index is 5.93. The highest BCUT2D eigenvalue weighted by Gasteiger charge is 1.94. The number of halogens is 1. The van der Waals surface area contributed by atoms with E-state index < -0.39 is 0 Å². The van der Waals surface area contributed by atoms with Gasteiger partial charge in [0.05, 0.1) is 0 Å². The van der Waals surface area contributed by atoms with Crippen LogP contribution in [-0.2, 0) is 6.42 Å². The second-order valence-electron chi connectivity index (χ2n) is 4.15. The van der Waals surface area contributed by atoms with Crippen LogP contribution < -0.4 is 0 Å². The van der Waals surface area contributed by atoms with E-state index in [4.69, 9.17) is 11.6 Å². The average Bonchev–Trinajstić information content (AvgIpc) is 2.28. The Balaban J connectivity index is 2.07. The minimum absolute atomic E-state index is 0.852. The molecular weight excluding hydrogens is 216 g/mol. The zero-order chi connectivity index (χ0) is 11.6. The van der Waals surface area contributed by atoms with Crippen LogP contribution in [0.1, 0.15) is 44.6 Å². The van der Waals surface area contributed by atoms with E-state index in [9.17, 15) is 0 Å². The smallest absolute Gasteiger partial charge is 0.0408 e. The molecule has 0 aliphatic heterocycles. The van der Waals surface area contributed by atoms with E-state index in [-0.39, 0.29) is 0 Å². The SMILES string of the molecule is CC=CCCCCCCc1cccc(Cl)c1. The summed E-state index contributed by atoms with van der Waals surface area (Å²) in [4.78, 5) is 0. The second kappa shape index (κ2) is 8.41. The van der Waals surface area contributed by atoms with Gasteiger partial charge in [-0.1, -0.05) is 48.7 Å². The molecule has 0 radical (unpaired) electrons. The third-order valence-corrected chi connectivity index (χ3v) is 2.95. The quantitative estimate of drug-likeness (QED) is 0.439. The first-order valence-electron chi connectivity index (χ1n) is 6.18. The molecule has 0 aliphatic rings. The molecule has 1 aromatic rings. The van der Waals surface area contributed by atoms with Crippen LogP contribution in [0.5, 0.6) is 0 Å². The number of allylic oxidation sites excluding steroid dienone is 2. The Labute approximate surface area is 104 Å². The summed E-state index contributed by atoms with van der Waals surface area (Å²) in [6.07, 6.45) is 12.0. The van der Waals surface area contributed by atoms with E-state index in [1.165, 1.54) is 37.7 Å².